The van der Waals surface area contributed by atoms with Crippen molar-refractivity contribution < 1.29 is 13.2 Å². The molecule has 1 aliphatic rings. The average Bonchev–Trinajstić information content (AvgIpc) is 2.81. The minimum absolute atomic E-state index is 0.0204. The summed E-state index contributed by atoms with van der Waals surface area (Å²) >= 11 is 6.06. The summed E-state index contributed by atoms with van der Waals surface area (Å²) in [6.07, 6.45) is 1.56. The van der Waals surface area contributed by atoms with Crippen molar-refractivity contribution in [1.82, 2.24) is 0 Å². The molecule has 6 nitrogen and oxygen atoms in total. The zero-order valence-electron chi connectivity index (χ0n) is 12.6. The molecular formula is C16H14ClN3O3S. The predicted octanol–water partition coefficient (Wildman–Crippen LogP) is 2.70. The standard InChI is InChI=1S/C16H14ClN3O3S/c1-9-6-10(17)7-13-14(16(21)20-15(9)13)8-19-11-2-4-12(5-3-11)24(18,22)23/h2-8,19H,1H3,(H,20,21)(H2,18,22,23)/b14-8-. The fourth-order valence-electron chi connectivity index (χ4n) is 2.46. The van der Waals surface area contributed by atoms with Crippen LogP contribution in [-0.4, -0.2) is 14.3 Å². The van der Waals surface area contributed by atoms with Crippen molar-refractivity contribution in [3.63, 3.8) is 0 Å². The molecule has 4 N–H and O–H groups in total. The number of rotatable bonds is 3. The second kappa shape index (κ2) is 5.94. The molecule has 0 saturated carbocycles. The highest BCUT2D eigenvalue weighted by Crippen LogP contribution is 2.36. The number of amides is 1. The molecule has 0 radical (unpaired) electrons. The lowest BCUT2D eigenvalue weighted by atomic mass is 10.1. The Morgan fingerprint density at radius 3 is 2.50 bits per heavy atom. The van der Waals surface area contributed by atoms with E-state index in [0.717, 1.165) is 16.8 Å². The number of nitrogens with two attached hydrogens (primary N) is 1. The monoisotopic (exact) mass is 363 g/mol. The molecule has 124 valence electrons. The number of primary sulfonamides is 1. The van der Waals surface area contributed by atoms with E-state index in [1.165, 1.54) is 12.1 Å². The summed E-state index contributed by atoms with van der Waals surface area (Å²) in [5.41, 5.74) is 3.41. The molecule has 1 amide bonds. The van der Waals surface area contributed by atoms with Gasteiger partial charge in [0.25, 0.3) is 5.91 Å². The van der Waals surface area contributed by atoms with Crippen LogP contribution < -0.4 is 15.8 Å². The maximum Gasteiger partial charge on any atom is 0.257 e. The third-order valence-corrected chi connectivity index (χ3v) is 4.79. The number of aryl methyl sites for hydroxylation is 1. The Bertz CT molecular complexity index is 967. The van der Waals surface area contributed by atoms with Gasteiger partial charge in [0.15, 0.2) is 0 Å². The molecule has 0 unspecified atom stereocenters. The maximum atomic E-state index is 12.1. The van der Waals surface area contributed by atoms with Crippen molar-refractivity contribution in [1.29, 1.82) is 0 Å². The van der Waals surface area contributed by atoms with E-state index in [1.54, 1.807) is 30.5 Å². The van der Waals surface area contributed by atoms with Crippen LogP contribution in [0.4, 0.5) is 11.4 Å². The average molecular weight is 364 g/mol. The summed E-state index contributed by atoms with van der Waals surface area (Å²) in [7, 11) is -3.73. The van der Waals surface area contributed by atoms with Crippen molar-refractivity contribution in [2.75, 3.05) is 10.6 Å². The summed E-state index contributed by atoms with van der Waals surface area (Å²) in [6, 6.07) is 9.41. The molecule has 8 heteroatoms. The van der Waals surface area contributed by atoms with Crippen LogP contribution >= 0.6 is 11.6 Å². The quantitative estimate of drug-likeness (QED) is 0.729. The first-order valence-electron chi connectivity index (χ1n) is 6.97. The molecule has 0 saturated heterocycles. The Morgan fingerprint density at radius 1 is 1.21 bits per heavy atom. The van der Waals surface area contributed by atoms with Gasteiger partial charge in [-0.3, -0.25) is 4.79 Å². The minimum atomic E-state index is -3.73. The molecule has 0 aromatic heterocycles. The topological polar surface area (TPSA) is 101 Å². The highest BCUT2D eigenvalue weighted by Gasteiger charge is 2.26. The molecule has 0 aliphatic carbocycles. The third-order valence-electron chi connectivity index (χ3n) is 3.64. The van der Waals surface area contributed by atoms with Crippen LogP contribution in [0.2, 0.25) is 5.02 Å². The second-order valence-electron chi connectivity index (χ2n) is 5.37. The SMILES string of the molecule is Cc1cc(Cl)cc2c1NC(=O)/C2=C\Nc1ccc(S(N)(=O)=O)cc1. The molecule has 2 aromatic carbocycles. The molecule has 0 atom stereocenters. The molecule has 1 aliphatic heterocycles. The number of hydrogen-bond donors (Lipinski definition) is 3. The number of sulfonamides is 1. The van der Waals surface area contributed by atoms with Gasteiger partial charge in [0, 0.05) is 22.5 Å². The van der Waals surface area contributed by atoms with E-state index in [4.69, 9.17) is 16.7 Å². The summed E-state index contributed by atoms with van der Waals surface area (Å²) in [4.78, 5) is 12.2. The summed E-state index contributed by atoms with van der Waals surface area (Å²) < 4.78 is 22.5. The van der Waals surface area contributed by atoms with Crippen LogP contribution in [0, 0.1) is 6.92 Å². The fraction of sp³-hybridized carbons (Fsp3) is 0.0625. The van der Waals surface area contributed by atoms with Gasteiger partial charge in [0.2, 0.25) is 10.0 Å². The number of carbonyl (C=O) groups is 1. The van der Waals surface area contributed by atoms with Crippen LogP contribution in [0.1, 0.15) is 11.1 Å². The van der Waals surface area contributed by atoms with Crippen LogP contribution in [-0.2, 0) is 14.8 Å². The van der Waals surface area contributed by atoms with E-state index >= 15 is 0 Å². The second-order valence-corrected chi connectivity index (χ2v) is 7.37. The van der Waals surface area contributed by atoms with Crippen LogP contribution in [0.5, 0.6) is 0 Å². The summed E-state index contributed by atoms with van der Waals surface area (Å²) in [5, 5.41) is 11.4. The number of nitrogens with one attached hydrogen (secondary N) is 2. The highest BCUT2D eigenvalue weighted by molar-refractivity contribution is 7.89. The number of carbonyl (C=O) groups excluding carboxylic acids is 1. The lowest BCUT2D eigenvalue weighted by molar-refractivity contribution is -0.110. The Balaban J connectivity index is 1.90. The van der Waals surface area contributed by atoms with E-state index < -0.39 is 10.0 Å². The van der Waals surface area contributed by atoms with Crippen LogP contribution in [0.15, 0.2) is 47.5 Å². The van der Waals surface area contributed by atoms with Gasteiger partial charge >= 0.3 is 0 Å². The number of benzene rings is 2. The predicted molar refractivity (Wildman–Crippen MR) is 94.2 cm³/mol. The Hall–Kier alpha value is -2.35. The molecule has 2 aromatic rings. The molecule has 3 rings (SSSR count). The molecule has 24 heavy (non-hydrogen) atoms. The first-order valence-corrected chi connectivity index (χ1v) is 8.89. The zero-order valence-corrected chi connectivity index (χ0v) is 14.2. The summed E-state index contributed by atoms with van der Waals surface area (Å²) in [6.45, 7) is 1.87. The van der Waals surface area contributed by atoms with E-state index in [-0.39, 0.29) is 10.8 Å². The lowest BCUT2D eigenvalue weighted by Gasteiger charge is -2.05. The van der Waals surface area contributed by atoms with Gasteiger partial charge in [-0.05, 0) is 48.9 Å². The van der Waals surface area contributed by atoms with Crippen LogP contribution in [0.3, 0.4) is 0 Å². The van der Waals surface area contributed by atoms with Gasteiger partial charge in [0.05, 0.1) is 16.2 Å². The minimum Gasteiger partial charge on any atom is -0.361 e. The van der Waals surface area contributed by atoms with Gasteiger partial charge in [-0.2, -0.15) is 0 Å². The molecule has 0 fully saturated rings. The van der Waals surface area contributed by atoms with E-state index in [1.807, 2.05) is 6.92 Å². The zero-order chi connectivity index (χ0) is 17.5. The van der Waals surface area contributed by atoms with Crippen molar-refractivity contribution in [3.8, 4) is 0 Å². The number of anilines is 2. The van der Waals surface area contributed by atoms with Gasteiger partial charge in [-0.1, -0.05) is 11.6 Å². The maximum absolute atomic E-state index is 12.1. The highest BCUT2D eigenvalue weighted by atomic mass is 35.5. The van der Waals surface area contributed by atoms with Crippen molar-refractivity contribution in [2.45, 2.75) is 11.8 Å². The van der Waals surface area contributed by atoms with Gasteiger partial charge < -0.3 is 10.6 Å². The van der Waals surface area contributed by atoms with Crippen molar-refractivity contribution in [3.05, 3.63) is 58.7 Å². The normalized spacial score (nSPS) is 15.3. The molecule has 0 bridgehead atoms. The van der Waals surface area contributed by atoms with Crippen molar-refractivity contribution >= 4 is 44.5 Å². The fourth-order valence-corrected chi connectivity index (χ4v) is 3.25. The van der Waals surface area contributed by atoms with Gasteiger partial charge in [-0.15, -0.1) is 0 Å². The Kier molecular flexibility index (Phi) is 4.08. The third kappa shape index (κ3) is 3.14. The van der Waals surface area contributed by atoms with Crippen LogP contribution in [0.25, 0.3) is 5.57 Å². The molecule has 1 heterocycles. The summed E-state index contributed by atoms with van der Waals surface area (Å²) in [5.74, 6) is -0.232. The lowest BCUT2D eigenvalue weighted by Crippen LogP contribution is -2.11. The molecule has 0 spiro atoms. The Labute approximate surface area is 144 Å². The smallest absolute Gasteiger partial charge is 0.257 e. The number of halogens is 1. The van der Waals surface area contributed by atoms with Gasteiger partial charge in [0.1, 0.15) is 0 Å². The number of fused-ring (bicyclic) bond motifs is 1. The Morgan fingerprint density at radius 2 is 1.88 bits per heavy atom. The van der Waals surface area contributed by atoms with Crippen molar-refractivity contribution in [2.24, 2.45) is 5.14 Å². The first kappa shape index (κ1) is 16.5. The van der Waals surface area contributed by atoms with E-state index in [9.17, 15) is 13.2 Å². The molecular weight excluding hydrogens is 350 g/mol. The van der Waals surface area contributed by atoms with Gasteiger partial charge in [-0.25, -0.2) is 13.6 Å². The van der Waals surface area contributed by atoms with E-state index in [2.05, 4.69) is 10.6 Å². The first-order chi connectivity index (χ1) is 11.3. The van der Waals surface area contributed by atoms with E-state index in [0.29, 0.717) is 16.3 Å². The largest absolute Gasteiger partial charge is 0.361 e. The number of hydrogen-bond acceptors (Lipinski definition) is 4.